The molecule has 0 aliphatic heterocycles. The van der Waals surface area contributed by atoms with Crippen LogP contribution in [-0.2, 0) is 0 Å². The number of nitrogens with zero attached hydrogens (tertiary/aromatic N) is 3. The first kappa shape index (κ1) is 14.3. The topological polar surface area (TPSA) is 36.9 Å². The molecule has 1 heterocycles. The first-order valence-electron chi connectivity index (χ1n) is 7.40. The largest absolute Gasteiger partial charge is 0.311 e. The van der Waals surface area contributed by atoms with Crippen molar-refractivity contribution in [2.45, 2.75) is 38.6 Å². The fraction of sp³-hybridized carbons (Fsp3) is 0.467. The minimum absolute atomic E-state index is 0.243. The van der Waals surface area contributed by atoms with E-state index in [4.69, 9.17) is 12.2 Å². The van der Waals surface area contributed by atoms with Gasteiger partial charge in [0.05, 0.1) is 0 Å². The van der Waals surface area contributed by atoms with E-state index in [0.717, 1.165) is 24.5 Å². The molecule has 6 heteroatoms. The molecule has 1 aliphatic carbocycles. The molecule has 1 fully saturated rings. The quantitative estimate of drug-likeness (QED) is 0.853. The van der Waals surface area contributed by atoms with Crippen LogP contribution in [0.4, 0.5) is 16.0 Å². The number of rotatable bonds is 4. The number of anilines is 2. The lowest BCUT2D eigenvalue weighted by molar-refractivity contribution is 0.511. The van der Waals surface area contributed by atoms with Gasteiger partial charge in [-0.15, -0.1) is 5.10 Å². The fourth-order valence-corrected chi connectivity index (χ4v) is 3.34. The number of H-pyrrole nitrogens is 1. The molecule has 1 N–H and O–H groups in total. The van der Waals surface area contributed by atoms with Gasteiger partial charge in [-0.2, -0.15) is 0 Å². The summed E-state index contributed by atoms with van der Waals surface area (Å²) in [5.74, 6) is 0.535. The van der Waals surface area contributed by atoms with E-state index in [1.165, 1.54) is 25.0 Å². The zero-order chi connectivity index (χ0) is 14.8. The number of halogens is 1. The van der Waals surface area contributed by atoms with Gasteiger partial charge < -0.3 is 4.90 Å². The molecule has 4 nitrogen and oxygen atoms in total. The van der Waals surface area contributed by atoms with Gasteiger partial charge in [0, 0.05) is 18.3 Å². The summed E-state index contributed by atoms with van der Waals surface area (Å²) in [6, 6.07) is 6.98. The minimum atomic E-state index is -0.243. The molecular weight excluding hydrogens is 287 g/mol. The van der Waals surface area contributed by atoms with Gasteiger partial charge in [-0.05, 0) is 50.2 Å². The molecule has 0 atom stereocenters. The van der Waals surface area contributed by atoms with Crippen LogP contribution in [0.3, 0.4) is 0 Å². The molecule has 112 valence electrons. The molecule has 1 aromatic heterocycles. The van der Waals surface area contributed by atoms with Crippen molar-refractivity contribution in [2.24, 2.45) is 0 Å². The van der Waals surface area contributed by atoms with Gasteiger partial charge in [-0.3, -0.25) is 4.57 Å². The standard InChI is InChI=1S/C15H19FN4S/c1-2-19(13-9-5-6-11(16)10-13)14-17-18-15(21)20(14)12-7-3-4-8-12/h5-6,9-10,12H,2-4,7-8H2,1H3,(H,18,21). The van der Waals surface area contributed by atoms with Crippen molar-refractivity contribution >= 4 is 23.9 Å². The van der Waals surface area contributed by atoms with Crippen molar-refractivity contribution in [1.82, 2.24) is 14.8 Å². The summed E-state index contributed by atoms with van der Waals surface area (Å²) in [7, 11) is 0. The molecule has 0 radical (unpaired) electrons. The van der Waals surface area contributed by atoms with E-state index < -0.39 is 0 Å². The average Bonchev–Trinajstić information content (AvgIpc) is 3.10. The van der Waals surface area contributed by atoms with Gasteiger partial charge >= 0.3 is 0 Å². The van der Waals surface area contributed by atoms with Gasteiger partial charge in [0.15, 0.2) is 4.77 Å². The number of aromatic nitrogens is 3. The molecule has 21 heavy (non-hydrogen) atoms. The molecule has 1 aliphatic rings. The maximum atomic E-state index is 13.5. The molecule has 0 unspecified atom stereocenters. The van der Waals surface area contributed by atoms with Gasteiger partial charge in [0.2, 0.25) is 5.95 Å². The summed E-state index contributed by atoms with van der Waals surface area (Å²) >= 11 is 5.40. The van der Waals surface area contributed by atoms with E-state index in [2.05, 4.69) is 14.8 Å². The van der Waals surface area contributed by atoms with E-state index in [-0.39, 0.29) is 5.82 Å². The number of nitrogens with one attached hydrogen (secondary N) is 1. The second kappa shape index (κ2) is 5.97. The molecule has 0 saturated heterocycles. The third kappa shape index (κ3) is 2.72. The van der Waals surface area contributed by atoms with E-state index >= 15 is 0 Å². The Labute approximate surface area is 128 Å². The summed E-state index contributed by atoms with van der Waals surface area (Å²) < 4.78 is 16.2. The molecule has 1 saturated carbocycles. The highest BCUT2D eigenvalue weighted by atomic mass is 32.1. The Hall–Kier alpha value is -1.69. The van der Waals surface area contributed by atoms with Crippen LogP contribution in [0, 0.1) is 10.6 Å². The Morgan fingerprint density at radius 1 is 1.43 bits per heavy atom. The highest BCUT2D eigenvalue weighted by Crippen LogP contribution is 2.34. The number of aromatic amines is 1. The van der Waals surface area contributed by atoms with Crippen LogP contribution in [-0.4, -0.2) is 21.3 Å². The number of benzene rings is 1. The lowest BCUT2D eigenvalue weighted by Crippen LogP contribution is -2.22. The number of hydrogen-bond donors (Lipinski definition) is 1. The highest BCUT2D eigenvalue weighted by Gasteiger charge is 2.24. The molecule has 2 aromatic rings. The summed E-state index contributed by atoms with van der Waals surface area (Å²) in [6.07, 6.45) is 4.70. The van der Waals surface area contributed by atoms with Crippen LogP contribution in [0.25, 0.3) is 0 Å². The van der Waals surface area contributed by atoms with Crippen LogP contribution < -0.4 is 4.90 Å². The summed E-state index contributed by atoms with van der Waals surface area (Å²) in [6.45, 7) is 2.73. The predicted octanol–water partition coefficient (Wildman–Crippen LogP) is 4.35. The van der Waals surface area contributed by atoms with Gasteiger partial charge in [0.1, 0.15) is 5.82 Å². The van der Waals surface area contributed by atoms with E-state index in [9.17, 15) is 4.39 Å². The van der Waals surface area contributed by atoms with Crippen LogP contribution >= 0.6 is 12.2 Å². The van der Waals surface area contributed by atoms with E-state index in [1.807, 2.05) is 17.9 Å². The zero-order valence-corrected chi connectivity index (χ0v) is 12.9. The second-order valence-corrected chi connectivity index (χ2v) is 5.75. The van der Waals surface area contributed by atoms with Crippen molar-refractivity contribution in [2.75, 3.05) is 11.4 Å². The third-order valence-corrected chi connectivity index (χ3v) is 4.34. The first-order chi connectivity index (χ1) is 10.2. The molecule has 0 spiro atoms. The maximum Gasteiger partial charge on any atom is 0.230 e. The maximum absolute atomic E-state index is 13.5. The molecule has 1 aromatic carbocycles. The van der Waals surface area contributed by atoms with Gasteiger partial charge in [-0.25, -0.2) is 9.49 Å². The second-order valence-electron chi connectivity index (χ2n) is 5.36. The Morgan fingerprint density at radius 3 is 2.86 bits per heavy atom. The average molecular weight is 306 g/mol. The Balaban J connectivity index is 2.03. The van der Waals surface area contributed by atoms with Crippen LogP contribution in [0.15, 0.2) is 24.3 Å². The Kier molecular flexibility index (Phi) is 4.05. The van der Waals surface area contributed by atoms with Crippen molar-refractivity contribution in [3.05, 3.63) is 34.9 Å². The fourth-order valence-electron chi connectivity index (χ4n) is 3.06. The zero-order valence-electron chi connectivity index (χ0n) is 12.1. The first-order valence-corrected chi connectivity index (χ1v) is 7.81. The lowest BCUT2D eigenvalue weighted by atomic mass is 10.2. The summed E-state index contributed by atoms with van der Waals surface area (Å²) in [4.78, 5) is 1.99. The lowest BCUT2D eigenvalue weighted by Gasteiger charge is -2.24. The van der Waals surface area contributed by atoms with Crippen molar-refractivity contribution in [3.63, 3.8) is 0 Å². The van der Waals surface area contributed by atoms with Crippen molar-refractivity contribution in [1.29, 1.82) is 0 Å². The van der Waals surface area contributed by atoms with Gasteiger partial charge in [0.25, 0.3) is 0 Å². The van der Waals surface area contributed by atoms with Crippen molar-refractivity contribution in [3.8, 4) is 0 Å². The Bertz CT molecular complexity index is 672. The van der Waals surface area contributed by atoms with Crippen molar-refractivity contribution < 1.29 is 4.39 Å². The van der Waals surface area contributed by atoms with Crippen LogP contribution in [0.1, 0.15) is 38.6 Å². The monoisotopic (exact) mass is 306 g/mol. The smallest absolute Gasteiger partial charge is 0.230 e. The molecular formula is C15H19FN4S. The molecule has 0 bridgehead atoms. The predicted molar refractivity (Wildman–Crippen MR) is 84.0 cm³/mol. The Morgan fingerprint density at radius 2 is 2.19 bits per heavy atom. The third-order valence-electron chi connectivity index (χ3n) is 4.05. The van der Waals surface area contributed by atoms with Gasteiger partial charge in [-0.1, -0.05) is 18.9 Å². The number of hydrogen-bond acceptors (Lipinski definition) is 3. The summed E-state index contributed by atoms with van der Waals surface area (Å²) in [5, 5.41) is 7.28. The normalized spacial score (nSPS) is 15.5. The van der Waals surface area contributed by atoms with Crippen LogP contribution in [0.2, 0.25) is 0 Å². The minimum Gasteiger partial charge on any atom is -0.311 e. The summed E-state index contributed by atoms with van der Waals surface area (Å²) in [5.41, 5.74) is 0.797. The highest BCUT2D eigenvalue weighted by molar-refractivity contribution is 7.71. The van der Waals surface area contributed by atoms with E-state index in [0.29, 0.717) is 17.4 Å². The molecule has 0 amide bonds. The molecule has 3 rings (SSSR count). The van der Waals surface area contributed by atoms with E-state index in [1.54, 1.807) is 6.07 Å². The SMILES string of the molecule is CCN(c1cccc(F)c1)c1n[nH]c(=S)n1C1CCCC1. The van der Waals surface area contributed by atoms with Crippen LogP contribution in [0.5, 0.6) is 0 Å².